The Labute approximate surface area is 158 Å². The predicted molar refractivity (Wildman–Crippen MR) is 100 cm³/mol. The van der Waals surface area contributed by atoms with E-state index in [2.05, 4.69) is 0 Å². The molecule has 2 amide bonds. The molecule has 1 fully saturated rings. The van der Waals surface area contributed by atoms with Crippen molar-refractivity contribution >= 4 is 11.8 Å². The van der Waals surface area contributed by atoms with Gasteiger partial charge in [0.25, 0.3) is 5.91 Å². The molecule has 138 valence electrons. The maximum atomic E-state index is 12.6. The highest BCUT2D eigenvalue weighted by Gasteiger charge is 2.25. The maximum Gasteiger partial charge on any atom is 0.254 e. The van der Waals surface area contributed by atoms with Gasteiger partial charge in [0.2, 0.25) is 5.91 Å². The number of hydrogen-bond acceptors (Lipinski definition) is 4. The number of nitriles is 1. The lowest BCUT2D eigenvalue weighted by molar-refractivity contribution is -0.131. The van der Waals surface area contributed by atoms with E-state index in [1.54, 1.807) is 41.2 Å². The first kappa shape index (κ1) is 18.5. The van der Waals surface area contributed by atoms with E-state index >= 15 is 0 Å². The molecule has 0 N–H and O–H groups in total. The second kappa shape index (κ2) is 8.37. The van der Waals surface area contributed by atoms with E-state index < -0.39 is 0 Å². The first-order valence-electron chi connectivity index (χ1n) is 8.81. The number of hydrogen-bond donors (Lipinski definition) is 0. The molecule has 1 heterocycles. The Hall–Kier alpha value is -3.33. The molecule has 0 aromatic heterocycles. The molecule has 0 bridgehead atoms. The molecule has 1 aliphatic rings. The maximum absolute atomic E-state index is 12.6. The summed E-state index contributed by atoms with van der Waals surface area (Å²) in [4.78, 5) is 28.6. The normalized spacial score (nSPS) is 13.8. The first-order valence-corrected chi connectivity index (χ1v) is 8.81. The largest absolute Gasteiger partial charge is 0.497 e. The van der Waals surface area contributed by atoms with E-state index in [1.165, 1.54) is 0 Å². The average molecular weight is 363 g/mol. The molecule has 0 radical (unpaired) electrons. The topological polar surface area (TPSA) is 73.6 Å². The van der Waals surface area contributed by atoms with Gasteiger partial charge in [-0.1, -0.05) is 18.2 Å². The van der Waals surface area contributed by atoms with Crippen LogP contribution in [-0.2, 0) is 11.2 Å². The Morgan fingerprint density at radius 2 is 1.70 bits per heavy atom. The van der Waals surface area contributed by atoms with Crippen molar-refractivity contribution in [3.63, 3.8) is 0 Å². The van der Waals surface area contributed by atoms with Gasteiger partial charge in [0.05, 0.1) is 25.2 Å². The van der Waals surface area contributed by atoms with E-state index in [-0.39, 0.29) is 11.8 Å². The zero-order valence-corrected chi connectivity index (χ0v) is 15.2. The van der Waals surface area contributed by atoms with E-state index in [1.807, 2.05) is 30.3 Å². The Bertz CT molecular complexity index is 863. The van der Waals surface area contributed by atoms with Crippen molar-refractivity contribution in [1.82, 2.24) is 9.80 Å². The minimum absolute atomic E-state index is 0.0544. The summed E-state index contributed by atoms with van der Waals surface area (Å²) < 4.78 is 5.13. The molecular weight excluding hydrogens is 342 g/mol. The quantitative estimate of drug-likeness (QED) is 0.834. The predicted octanol–water partition coefficient (Wildman–Crippen LogP) is 2.09. The van der Waals surface area contributed by atoms with Gasteiger partial charge in [0.15, 0.2) is 0 Å². The Balaban J connectivity index is 1.55. The van der Waals surface area contributed by atoms with Gasteiger partial charge in [-0.3, -0.25) is 9.59 Å². The van der Waals surface area contributed by atoms with Crippen molar-refractivity contribution in [1.29, 1.82) is 5.26 Å². The SMILES string of the molecule is COc1ccc(CC(=O)N2CCN(C(=O)c3cccc(C#N)c3)CC2)cc1. The Kier molecular flexibility index (Phi) is 5.72. The van der Waals surface area contributed by atoms with Crippen molar-refractivity contribution in [3.8, 4) is 11.8 Å². The third kappa shape index (κ3) is 4.45. The number of carbonyl (C=O) groups excluding carboxylic acids is 2. The van der Waals surface area contributed by atoms with Gasteiger partial charge < -0.3 is 14.5 Å². The third-order valence-corrected chi connectivity index (χ3v) is 4.67. The van der Waals surface area contributed by atoms with Crippen molar-refractivity contribution in [2.75, 3.05) is 33.3 Å². The number of ether oxygens (including phenoxy) is 1. The summed E-state index contributed by atoms with van der Waals surface area (Å²) in [5.74, 6) is 0.715. The van der Waals surface area contributed by atoms with Crippen LogP contribution in [0.5, 0.6) is 5.75 Å². The molecular formula is C21H21N3O3. The third-order valence-electron chi connectivity index (χ3n) is 4.67. The second-order valence-electron chi connectivity index (χ2n) is 6.39. The number of piperazine rings is 1. The molecule has 6 nitrogen and oxygen atoms in total. The summed E-state index contributed by atoms with van der Waals surface area (Å²) >= 11 is 0. The van der Waals surface area contributed by atoms with Gasteiger partial charge in [0, 0.05) is 31.7 Å². The number of nitrogens with zero attached hydrogens (tertiary/aromatic N) is 3. The lowest BCUT2D eigenvalue weighted by Gasteiger charge is -2.35. The summed E-state index contributed by atoms with van der Waals surface area (Å²) in [7, 11) is 1.61. The highest BCUT2D eigenvalue weighted by molar-refractivity contribution is 5.94. The molecule has 0 spiro atoms. The van der Waals surface area contributed by atoms with Gasteiger partial charge in [-0.15, -0.1) is 0 Å². The summed E-state index contributed by atoms with van der Waals surface area (Å²) in [5.41, 5.74) is 1.91. The van der Waals surface area contributed by atoms with Gasteiger partial charge in [-0.05, 0) is 35.9 Å². The molecule has 27 heavy (non-hydrogen) atoms. The van der Waals surface area contributed by atoms with Gasteiger partial charge >= 0.3 is 0 Å². The number of benzene rings is 2. The van der Waals surface area contributed by atoms with Crippen LogP contribution in [0.3, 0.4) is 0 Å². The average Bonchev–Trinajstić information content (AvgIpc) is 2.74. The zero-order chi connectivity index (χ0) is 19.2. The van der Waals surface area contributed by atoms with Gasteiger partial charge in [-0.25, -0.2) is 0 Å². The van der Waals surface area contributed by atoms with Crippen LogP contribution in [-0.4, -0.2) is 54.9 Å². The summed E-state index contributed by atoms with van der Waals surface area (Å²) in [5, 5.41) is 8.97. The van der Waals surface area contributed by atoms with Crippen molar-refractivity contribution in [3.05, 3.63) is 65.2 Å². The highest BCUT2D eigenvalue weighted by Crippen LogP contribution is 2.14. The standard InChI is InChI=1S/C21H21N3O3/c1-27-19-7-5-16(6-8-19)14-20(25)23-9-11-24(12-10-23)21(26)18-4-2-3-17(13-18)15-22/h2-8,13H,9-12,14H2,1H3. The molecule has 2 aromatic carbocycles. The molecule has 0 aliphatic carbocycles. The molecule has 1 saturated heterocycles. The van der Waals surface area contributed by atoms with E-state index in [0.717, 1.165) is 11.3 Å². The van der Waals surface area contributed by atoms with Crippen LogP contribution in [0.2, 0.25) is 0 Å². The van der Waals surface area contributed by atoms with Crippen LogP contribution in [0, 0.1) is 11.3 Å². The molecule has 0 atom stereocenters. The summed E-state index contributed by atoms with van der Waals surface area (Å²) in [6.45, 7) is 2.01. The van der Waals surface area contributed by atoms with Crippen LogP contribution in [0.1, 0.15) is 21.5 Å². The number of methoxy groups -OCH3 is 1. The summed E-state index contributed by atoms with van der Waals surface area (Å²) in [6.07, 6.45) is 0.335. The molecule has 3 rings (SSSR count). The molecule has 0 saturated carbocycles. The lowest BCUT2D eigenvalue weighted by Crippen LogP contribution is -2.51. The highest BCUT2D eigenvalue weighted by atomic mass is 16.5. The van der Waals surface area contributed by atoms with Crippen molar-refractivity contribution in [2.24, 2.45) is 0 Å². The zero-order valence-electron chi connectivity index (χ0n) is 15.2. The van der Waals surface area contributed by atoms with Crippen LogP contribution < -0.4 is 4.74 Å². The molecule has 2 aromatic rings. The number of amides is 2. The number of carbonyl (C=O) groups is 2. The molecule has 6 heteroatoms. The van der Waals surface area contributed by atoms with Crippen molar-refractivity contribution in [2.45, 2.75) is 6.42 Å². The van der Waals surface area contributed by atoms with Crippen molar-refractivity contribution < 1.29 is 14.3 Å². The number of rotatable bonds is 4. The van der Waals surface area contributed by atoms with E-state index in [4.69, 9.17) is 10.00 Å². The smallest absolute Gasteiger partial charge is 0.254 e. The van der Waals surface area contributed by atoms with Crippen LogP contribution in [0.4, 0.5) is 0 Å². The Morgan fingerprint density at radius 3 is 2.33 bits per heavy atom. The first-order chi connectivity index (χ1) is 13.1. The molecule has 0 unspecified atom stereocenters. The molecule has 1 aliphatic heterocycles. The summed E-state index contributed by atoms with van der Waals surface area (Å²) in [6, 6.07) is 16.2. The van der Waals surface area contributed by atoms with Crippen LogP contribution in [0.15, 0.2) is 48.5 Å². The van der Waals surface area contributed by atoms with E-state index in [0.29, 0.717) is 43.7 Å². The fourth-order valence-corrected chi connectivity index (χ4v) is 3.09. The Morgan fingerprint density at radius 1 is 1.04 bits per heavy atom. The minimum Gasteiger partial charge on any atom is -0.497 e. The second-order valence-corrected chi connectivity index (χ2v) is 6.39. The van der Waals surface area contributed by atoms with E-state index in [9.17, 15) is 9.59 Å². The minimum atomic E-state index is -0.102. The van der Waals surface area contributed by atoms with Crippen LogP contribution in [0.25, 0.3) is 0 Å². The van der Waals surface area contributed by atoms with Gasteiger partial charge in [-0.2, -0.15) is 5.26 Å². The lowest BCUT2D eigenvalue weighted by atomic mass is 10.1. The monoisotopic (exact) mass is 363 g/mol. The fraction of sp³-hybridized carbons (Fsp3) is 0.286. The van der Waals surface area contributed by atoms with Crippen LogP contribution >= 0.6 is 0 Å². The van der Waals surface area contributed by atoms with Gasteiger partial charge in [0.1, 0.15) is 5.75 Å². The fourth-order valence-electron chi connectivity index (χ4n) is 3.09.